The fourth-order valence-electron chi connectivity index (χ4n) is 2.87. The summed E-state index contributed by atoms with van der Waals surface area (Å²) in [7, 11) is 0. The summed E-state index contributed by atoms with van der Waals surface area (Å²) in [5.41, 5.74) is 0. The number of morpholine rings is 1. The molecule has 18 heavy (non-hydrogen) atoms. The Bertz CT molecular complexity index is 211. The smallest absolute Gasteiger partial charge is 0.0594 e. The summed E-state index contributed by atoms with van der Waals surface area (Å²) >= 11 is 0. The van der Waals surface area contributed by atoms with Crippen LogP contribution in [-0.4, -0.2) is 75.4 Å². The van der Waals surface area contributed by atoms with Crippen molar-refractivity contribution in [1.29, 1.82) is 0 Å². The van der Waals surface area contributed by atoms with Crippen molar-refractivity contribution >= 4 is 0 Å². The molecule has 4 heteroatoms. The second-order valence-corrected chi connectivity index (χ2v) is 5.55. The molecule has 0 aliphatic carbocycles. The SMILES string of the molecule is CCNCC1CCN(CCN2CCOCC2)CC1. The van der Waals surface area contributed by atoms with Crippen LogP contribution < -0.4 is 5.32 Å². The molecule has 0 aromatic carbocycles. The molecule has 0 spiro atoms. The zero-order valence-electron chi connectivity index (χ0n) is 11.9. The van der Waals surface area contributed by atoms with E-state index >= 15 is 0 Å². The predicted octanol–water partition coefficient (Wildman–Crippen LogP) is 0.640. The van der Waals surface area contributed by atoms with Gasteiger partial charge in [-0.15, -0.1) is 0 Å². The molecular formula is C14H29N3O. The van der Waals surface area contributed by atoms with Crippen molar-refractivity contribution < 1.29 is 4.74 Å². The van der Waals surface area contributed by atoms with Gasteiger partial charge in [0.05, 0.1) is 13.2 Å². The minimum Gasteiger partial charge on any atom is -0.379 e. The molecule has 0 aromatic rings. The van der Waals surface area contributed by atoms with E-state index in [1.165, 1.54) is 45.6 Å². The minimum atomic E-state index is 0.907. The topological polar surface area (TPSA) is 27.7 Å². The van der Waals surface area contributed by atoms with Gasteiger partial charge in [0.2, 0.25) is 0 Å². The lowest BCUT2D eigenvalue weighted by Gasteiger charge is -2.34. The Kier molecular flexibility index (Phi) is 6.41. The monoisotopic (exact) mass is 255 g/mol. The third-order valence-corrected chi connectivity index (χ3v) is 4.23. The third-order valence-electron chi connectivity index (χ3n) is 4.23. The van der Waals surface area contributed by atoms with Gasteiger partial charge in [0.15, 0.2) is 0 Å². The molecule has 0 atom stereocenters. The molecule has 1 N–H and O–H groups in total. The van der Waals surface area contributed by atoms with Gasteiger partial charge in [-0.1, -0.05) is 6.92 Å². The Morgan fingerprint density at radius 1 is 1.00 bits per heavy atom. The highest BCUT2D eigenvalue weighted by Crippen LogP contribution is 2.16. The average Bonchev–Trinajstić information content (AvgIpc) is 2.45. The number of rotatable bonds is 6. The predicted molar refractivity (Wildman–Crippen MR) is 75.0 cm³/mol. The summed E-state index contributed by atoms with van der Waals surface area (Å²) < 4.78 is 5.38. The van der Waals surface area contributed by atoms with E-state index in [0.29, 0.717) is 0 Å². The zero-order valence-corrected chi connectivity index (χ0v) is 11.9. The van der Waals surface area contributed by atoms with E-state index in [9.17, 15) is 0 Å². The van der Waals surface area contributed by atoms with E-state index in [-0.39, 0.29) is 0 Å². The maximum Gasteiger partial charge on any atom is 0.0594 e. The molecule has 0 amide bonds. The molecule has 0 unspecified atom stereocenters. The second kappa shape index (κ2) is 8.10. The second-order valence-electron chi connectivity index (χ2n) is 5.55. The summed E-state index contributed by atoms with van der Waals surface area (Å²) in [6.45, 7) is 13.7. The van der Waals surface area contributed by atoms with Gasteiger partial charge in [-0.3, -0.25) is 4.90 Å². The van der Waals surface area contributed by atoms with Crippen molar-refractivity contribution in [2.75, 3.05) is 65.6 Å². The maximum atomic E-state index is 5.38. The van der Waals surface area contributed by atoms with Gasteiger partial charge in [0, 0.05) is 26.2 Å². The highest BCUT2D eigenvalue weighted by atomic mass is 16.5. The average molecular weight is 255 g/mol. The van der Waals surface area contributed by atoms with E-state index in [4.69, 9.17) is 4.74 Å². The van der Waals surface area contributed by atoms with E-state index in [1.807, 2.05) is 0 Å². The number of piperidine rings is 1. The molecule has 0 aromatic heterocycles. The lowest BCUT2D eigenvalue weighted by atomic mass is 9.97. The van der Waals surface area contributed by atoms with Crippen molar-refractivity contribution in [1.82, 2.24) is 15.1 Å². The molecule has 0 bridgehead atoms. The van der Waals surface area contributed by atoms with Crippen molar-refractivity contribution in [3.8, 4) is 0 Å². The van der Waals surface area contributed by atoms with E-state index < -0.39 is 0 Å². The van der Waals surface area contributed by atoms with Crippen LogP contribution in [0.1, 0.15) is 19.8 Å². The summed E-state index contributed by atoms with van der Waals surface area (Å²) in [6.07, 6.45) is 2.74. The molecule has 106 valence electrons. The molecule has 2 aliphatic rings. The standard InChI is InChI=1S/C14H29N3O/c1-2-15-13-14-3-5-16(6-4-14)7-8-17-9-11-18-12-10-17/h14-15H,2-13H2,1H3. The first-order valence-corrected chi connectivity index (χ1v) is 7.61. The number of hydrogen-bond acceptors (Lipinski definition) is 4. The fraction of sp³-hybridized carbons (Fsp3) is 1.00. The summed E-state index contributed by atoms with van der Waals surface area (Å²) in [4.78, 5) is 5.17. The van der Waals surface area contributed by atoms with Crippen LogP contribution in [0.2, 0.25) is 0 Å². The van der Waals surface area contributed by atoms with Gasteiger partial charge in [-0.2, -0.15) is 0 Å². The number of nitrogens with zero attached hydrogens (tertiary/aromatic N) is 2. The van der Waals surface area contributed by atoms with E-state index in [2.05, 4.69) is 22.0 Å². The number of ether oxygens (including phenoxy) is 1. The number of nitrogens with one attached hydrogen (secondary N) is 1. The number of likely N-dealkylation sites (tertiary alicyclic amines) is 1. The van der Waals surface area contributed by atoms with Crippen LogP contribution in [0.5, 0.6) is 0 Å². The van der Waals surface area contributed by atoms with Crippen LogP contribution in [0.15, 0.2) is 0 Å². The van der Waals surface area contributed by atoms with Crippen molar-refractivity contribution in [2.24, 2.45) is 5.92 Å². The lowest BCUT2D eigenvalue weighted by Crippen LogP contribution is -2.44. The largest absolute Gasteiger partial charge is 0.379 e. The fourth-order valence-corrected chi connectivity index (χ4v) is 2.87. The molecule has 2 fully saturated rings. The van der Waals surface area contributed by atoms with Crippen LogP contribution in [0.4, 0.5) is 0 Å². The van der Waals surface area contributed by atoms with Crippen molar-refractivity contribution in [3.63, 3.8) is 0 Å². The lowest BCUT2D eigenvalue weighted by molar-refractivity contribution is 0.0314. The Morgan fingerprint density at radius 2 is 1.61 bits per heavy atom. The van der Waals surface area contributed by atoms with Crippen LogP contribution in [0, 0.1) is 5.92 Å². The van der Waals surface area contributed by atoms with Gasteiger partial charge in [-0.05, 0) is 44.9 Å². The van der Waals surface area contributed by atoms with Crippen molar-refractivity contribution in [2.45, 2.75) is 19.8 Å². The highest BCUT2D eigenvalue weighted by Gasteiger charge is 2.19. The third kappa shape index (κ3) is 4.84. The van der Waals surface area contributed by atoms with Gasteiger partial charge in [0.25, 0.3) is 0 Å². The molecule has 2 heterocycles. The first-order chi connectivity index (χ1) is 8.88. The summed E-state index contributed by atoms with van der Waals surface area (Å²) in [5.74, 6) is 0.907. The van der Waals surface area contributed by atoms with Gasteiger partial charge < -0.3 is 15.0 Å². The van der Waals surface area contributed by atoms with Gasteiger partial charge in [0.1, 0.15) is 0 Å². The van der Waals surface area contributed by atoms with E-state index in [0.717, 1.165) is 38.8 Å². The Hall–Kier alpha value is -0.160. The Labute approximate surface area is 112 Å². The van der Waals surface area contributed by atoms with E-state index in [1.54, 1.807) is 0 Å². The minimum absolute atomic E-state index is 0.907. The molecule has 2 rings (SSSR count). The van der Waals surface area contributed by atoms with Crippen LogP contribution >= 0.6 is 0 Å². The molecule has 4 nitrogen and oxygen atoms in total. The first-order valence-electron chi connectivity index (χ1n) is 7.61. The molecular weight excluding hydrogens is 226 g/mol. The zero-order chi connectivity index (χ0) is 12.6. The molecule has 0 radical (unpaired) electrons. The van der Waals surface area contributed by atoms with Crippen LogP contribution in [0.25, 0.3) is 0 Å². The highest BCUT2D eigenvalue weighted by molar-refractivity contribution is 4.75. The molecule has 2 aliphatic heterocycles. The van der Waals surface area contributed by atoms with Gasteiger partial charge in [-0.25, -0.2) is 0 Å². The quantitative estimate of drug-likeness (QED) is 0.754. The molecule has 0 saturated carbocycles. The summed E-state index contributed by atoms with van der Waals surface area (Å²) in [6, 6.07) is 0. The summed E-state index contributed by atoms with van der Waals surface area (Å²) in [5, 5.41) is 3.48. The Morgan fingerprint density at radius 3 is 2.22 bits per heavy atom. The number of hydrogen-bond donors (Lipinski definition) is 1. The normalized spacial score (nSPS) is 24.5. The van der Waals surface area contributed by atoms with Crippen LogP contribution in [0.3, 0.4) is 0 Å². The van der Waals surface area contributed by atoms with Gasteiger partial charge >= 0.3 is 0 Å². The maximum absolute atomic E-state index is 5.38. The van der Waals surface area contributed by atoms with Crippen LogP contribution in [-0.2, 0) is 4.74 Å². The molecule has 2 saturated heterocycles. The first kappa shape index (κ1) is 14.3. The Balaban J connectivity index is 1.55. The van der Waals surface area contributed by atoms with Crippen molar-refractivity contribution in [3.05, 3.63) is 0 Å².